The quantitative estimate of drug-likeness (QED) is 0.901. The van der Waals surface area contributed by atoms with Gasteiger partial charge in [0.2, 0.25) is 5.91 Å². The lowest BCUT2D eigenvalue weighted by Crippen LogP contribution is -2.45. The summed E-state index contributed by atoms with van der Waals surface area (Å²) in [5.74, 6) is 1.14. The number of carbonyl (C=O) groups is 1. The lowest BCUT2D eigenvalue weighted by molar-refractivity contribution is -0.130. The Morgan fingerprint density at radius 2 is 2.04 bits per heavy atom. The zero-order chi connectivity index (χ0) is 17.0. The Labute approximate surface area is 143 Å². The van der Waals surface area contributed by atoms with E-state index in [4.69, 9.17) is 11.6 Å². The molecule has 0 aliphatic carbocycles. The second-order valence-electron chi connectivity index (χ2n) is 7.17. The second kappa shape index (κ2) is 7.64. The third-order valence-corrected chi connectivity index (χ3v) is 4.46. The number of carbonyl (C=O) groups excluding carboxylic acids is 1. The van der Waals surface area contributed by atoms with Crippen molar-refractivity contribution in [2.24, 2.45) is 7.05 Å². The summed E-state index contributed by atoms with van der Waals surface area (Å²) in [7, 11) is 1.93. The average molecular weight is 342 g/mol. The van der Waals surface area contributed by atoms with Crippen LogP contribution < -0.4 is 5.32 Å². The van der Waals surface area contributed by atoms with E-state index >= 15 is 0 Å². The van der Waals surface area contributed by atoms with E-state index in [1.165, 1.54) is 0 Å². The van der Waals surface area contributed by atoms with Gasteiger partial charge < -0.3 is 14.8 Å². The minimum Gasteiger partial charge on any atom is -0.340 e. The van der Waals surface area contributed by atoms with Crippen LogP contribution in [0.1, 0.15) is 33.0 Å². The van der Waals surface area contributed by atoms with Crippen molar-refractivity contribution >= 4 is 17.5 Å². The topological polar surface area (TPSA) is 53.4 Å². The Hall–Kier alpha value is -1.11. The predicted octanol–water partition coefficient (Wildman–Crippen LogP) is 1.50. The van der Waals surface area contributed by atoms with Crippen LogP contribution in [-0.4, -0.2) is 63.5 Å². The number of hydrogen-bond donors (Lipinski definition) is 1. The molecule has 1 saturated heterocycles. The van der Waals surface area contributed by atoms with Gasteiger partial charge >= 0.3 is 0 Å². The maximum absolute atomic E-state index is 12.3. The molecule has 1 amide bonds. The molecular formula is C16H28ClN5O. The van der Waals surface area contributed by atoms with Gasteiger partial charge in [-0.15, -0.1) is 0 Å². The fraction of sp³-hybridized carbons (Fsp3) is 0.750. The Morgan fingerprint density at radius 3 is 2.65 bits per heavy atom. The molecule has 0 spiro atoms. The third-order valence-electron chi connectivity index (χ3n) is 4.10. The average Bonchev–Trinajstić information content (AvgIpc) is 2.69. The standard InChI is InChI=1S/C16H28ClN5O/c1-16(2,3)19-11-15(23)22-7-5-6-21(8-9-22)12-14-18-10-13(17)20(14)4/h10,19H,5-9,11-12H2,1-4H3. The summed E-state index contributed by atoms with van der Waals surface area (Å²) in [6, 6.07) is 0. The molecule has 2 rings (SSSR count). The lowest BCUT2D eigenvalue weighted by atomic mass is 10.1. The summed E-state index contributed by atoms with van der Waals surface area (Å²) in [6.45, 7) is 10.8. The number of nitrogens with one attached hydrogen (secondary N) is 1. The van der Waals surface area contributed by atoms with Crippen LogP contribution in [0.4, 0.5) is 0 Å². The van der Waals surface area contributed by atoms with Crippen LogP contribution in [0.2, 0.25) is 5.15 Å². The van der Waals surface area contributed by atoms with Crippen LogP contribution in [0.5, 0.6) is 0 Å². The molecule has 0 unspecified atom stereocenters. The summed E-state index contributed by atoms with van der Waals surface area (Å²) in [5, 5.41) is 3.92. The lowest BCUT2D eigenvalue weighted by Gasteiger charge is -2.25. The van der Waals surface area contributed by atoms with Gasteiger partial charge in [-0.3, -0.25) is 9.69 Å². The van der Waals surface area contributed by atoms with E-state index in [9.17, 15) is 4.79 Å². The van der Waals surface area contributed by atoms with E-state index in [0.29, 0.717) is 11.7 Å². The molecule has 0 radical (unpaired) electrons. The van der Waals surface area contributed by atoms with Crippen LogP contribution in [0.3, 0.4) is 0 Å². The van der Waals surface area contributed by atoms with Crippen molar-refractivity contribution in [3.05, 3.63) is 17.2 Å². The second-order valence-corrected chi connectivity index (χ2v) is 7.56. The predicted molar refractivity (Wildman–Crippen MR) is 92.4 cm³/mol. The van der Waals surface area contributed by atoms with Gasteiger partial charge in [0.1, 0.15) is 11.0 Å². The Balaban J connectivity index is 1.84. The van der Waals surface area contributed by atoms with Crippen molar-refractivity contribution in [3.8, 4) is 0 Å². The van der Waals surface area contributed by atoms with Crippen molar-refractivity contribution in [3.63, 3.8) is 0 Å². The van der Waals surface area contributed by atoms with Crippen molar-refractivity contribution in [1.29, 1.82) is 0 Å². The van der Waals surface area contributed by atoms with Gasteiger partial charge in [-0.1, -0.05) is 11.6 Å². The van der Waals surface area contributed by atoms with Crippen LogP contribution in [0.15, 0.2) is 6.20 Å². The zero-order valence-electron chi connectivity index (χ0n) is 14.6. The summed E-state index contributed by atoms with van der Waals surface area (Å²) < 4.78 is 1.91. The van der Waals surface area contributed by atoms with Gasteiger partial charge in [-0.05, 0) is 27.2 Å². The molecule has 1 aromatic heterocycles. The van der Waals surface area contributed by atoms with E-state index in [1.807, 2.05) is 16.5 Å². The Morgan fingerprint density at radius 1 is 1.30 bits per heavy atom. The van der Waals surface area contributed by atoms with Crippen LogP contribution in [-0.2, 0) is 18.4 Å². The minimum atomic E-state index is -0.0367. The van der Waals surface area contributed by atoms with Crippen molar-refractivity contribution < 1.29 is 4.79 Å². The van der Waals surface area contributed by atoms with Crippen molar-refractivity contribution in [2.45, 2.75) is 39.3 Å². The number of halogens is 1. The molecule has 130 valence electrons. The van der Waals surface area contributed by atoms with Crippen molar-refractivity contribution in [1.82, 2.24) is 24.7 Å². The maximum Gasteiger partial charge on any atom is 0.236 e. The smallest absolute Gasteiger partial charge is 0.236 e. The zero-order valence-corrected chi connectivity index (χ0v) is 15.4. The normalized spacial score (nSPS) is 17.3. The summed E-state index contributed by atoms with van der Waals surface area (Å²) in [6.07, 6.45) is 2.67. The van der Waals surface area contributed by atoms with Crippen molar-refractivity contribution in [2.75, 3.05) is 32.7 Å². The summed E-state index contributed by atoms with van der Waals surface area (Å²) >= 11 is 6.04. The molecule has 6 nitrogen and oxygen atoms in total. The number of aromatic nitrogens is 2. The first-order chi connectivity index (χ1) is 10.8. The fourth-order valence-electron chi connectivity index (χ4n) is 2.60. The first-order valence-electron chi connectivity index (χ1n) is 8.17. The molecule has 0 atom stereocenters. The highest BCUT2D eigenvalue weighted by atomic mass is 35.5. The number of nitrogens with zero attached hydrogens (tertiary/aromatic N) is 4. The Bertz CT molecular complexity index is 537. The molecule has 1 aromatic rings. The highest BCUT2D eigenvalue weighted by Crippen LogP contribution is 2.13. The van der Waals surface area contributed by atoms with Gasteiger partial charge in [-0.25, -0.2) is 4.98 Å². The molecular weight excluding hydrogens is 314 g/mol. The molecule has 1 fully saturated rings. The van der Waals surface area contributed by atoms with E-state index in [-0.39, 0.29) is 11.4 Å². The monoisotopic (exact) mass is 341 g/mol. The highest BCUT2D eigenvalue weighted by molar-refractivity contribution is 6.29. The molecule has 0 aromatic carbocycles. The van der Waals surface area contributed by atoms with Gasteiger partial charge in [0.15, 0.2) is 0 Å². The maximum atomic E-state index is 12.3. The number of imidazole rings is 1. The molecule has 0 bridgehead atoms. The van der Waals surface area contributed by atoms with Gasteiger partial charge in [-0.2, -0.15) is 0 Å². The summed E-state index contributed by atoms with van der Waals surface area (Å²) in [4.78, 5) is 21.0. The fourth-order valence-corrected chi connectivity index (χ4v) is 2.75. The van der Waals surface area contributed by atoms with Crippen LogP contribution >= 0.6 is 11.6 Å². The van der Waals surface area contributed by atoms with Gasteiger partial charge in [0.05, 0.1) is 19.3 Å². The number of amides is 1. The van der Waals surface area contributed by atoms with E-state index < -0.39 is 0 Å². The van der Waals surface area contributed by atoms with E-state index in [2.05, 4.69) is 36.0 Å². The molecule has 1 aliphatic heterocycles. The first-order valence-corrected chi connectivity index (χ1v) is 8.55. The molecule has 7 heteroatoms. The number of hydrogen-bond acceptors (Lipinski definition) is 4. The molecule has 1 aliphatic rings. The molecule has 23 heavy (non-hydrogen) atoms. The van der Waals surface area contributed by atoms with Gasteiger partial charge in [0.25, 0.3) is 0 Å². The van der Waals surface area contributed by atoms with Crippen LogP contribution in [0.25, 0.3) is 0 Å². The van der Waals surface area contributed by atoms with E-state index in [1.54, 1.807) is 6.20 Å². The highest BCUT2D eigenvalue weighted by Gasteiger charge is 2.21. The molecule has 0 saturated carbocycles. The molecule has 2 heterocycles. The summed E-state index contributed by atoms with van der Waals surface area (Å²) in [5.41, 5.74) is -0.0367. The first kappa shape index (κ1) is 18.2. The van der Waals surface area contributed by atoms with Gasteiger partial charge in [0, 0.05) is 38.8 Å². The number of rotatable bonds is 4. The van der Waals surface area contributed by atoms with E-state index in [0.717, 1.165) is 45.0 Å². The SMILES string of the molecule is Cn1c(Cl)cnc1CN1CCCN(C(=O)CNC(C)(C)C)CC1. The molecule has 1 N–H and O–H groups in total. The Kier molecular flexibility index (Phi) is 6.06. The third kappa shape index (κ3) is 5.48. The van der Waals surface area contributed by atoms with Crippen LogP contribution in [0, 0.1) is 0 Å². The minimum absolute atomic E-state index is 0.0367. The largest absolute Gasteiger partial charge is 0.340 e.